The molecule has 0 aromatic heterocycles. The molecule has 23 heavy (non-hydrogen) atoms. The van der Waals surface area contributed by atoms with Crippen LogP contribution in [0.4, 0.5) is 0 Å². The van der Waals surface area contributed by atoms with Gasteiger partial charge in [-0.05, 0) is 78.4 Å². The summed E-state index contributed by atoms with van der Waals surface area (Å²) in [5, 5.41) is 0. The molecule has 0 radical (unpaired) electrons. The van der Waals surface area contributed by atoms with Crippen LogP contribution in [0.2, 0.25) is 0 Å². The lowest BCUT2D eigenvalue weighted by atomic mass is 9.56. The molecule has 0 heteroatoms. The van der Waals surface area contributed by atoms with E-state index in [1.165, 1.54) is 38.5 Å². The van der Waals surface area contributed by atoms with Crippen LogP contribution in [0.1, 0.15) is 72.6 Å². The van der Waals surface area contributed by atoms with E-state index in [1.807, 2.05) is 0 Å². The van der Waals surface area contributed by atoms with Gasteiger partial charge in [-0.2, -0.15) is 0 Å². The average molecular weight is 315 g/mol. The Morgan fingerprint density at radius 3 is 2.22 bits per heavy atom. The molecule has 130 valence electrons. The van der Waals surface area contributed by atoms with Gasteiger partial charge in [0.25, 0.3) is 0 Å². The zero-order chi connectivity index (χ0) is 16.3. The Morgan fingerprint density at radius 1 is 0.826 bits per heavy atom. The van der Waals surface area contributed by atoms with E-state index in [0.717, 1.165) is 59.2 Å². The maximum Gasteiger partial charge on any atom is -0.0143 e. The van der Waals surface area contributed by atoms with E-state index in [1.54, 1.807) is 12.0 Å². The molecular weight excluding hydrogens is 276 g/mol. The summed E-state index contributed by atoms with van der Waals surface area (Å²) in [6.45, 7) is 14.9. The van der Waals surface area contributed by atoms with Crippen LogP contribution in [-0.4, -0.2) is 0 Å². The van der Waals surface area contributed by atoms with Crippen LogP contribution in [0, 0.1) is 59.2 Å². The van der Waals surface area contributed by atoms with E-state index >= 15 is 0 Å². The first-order valence-electron chi connectivity index (χ1n) is 10.7. The summed E-state index contributed by atoms with van der Waals surface area (Å²) in [6, 6.07) is 0. The van der Waals surface area contributed by atoms with Crippen LogP contribution in [-0.2, 0) is 0 Å². The Hall–Kier alpha value is -0.260. The van der Waals surface area contributed by atoms with E-state index in [0.29, 0.717) is 0 Å². The molecule has 0 spiro atoms. The van der Waals surface area contributed by atoms with Crippen molar-refractivity contribution in [3.05, 3.63) is 12.2 Å². The van der Waals surface area contributed by atoms with Gasteiger partial charge in [-0.25, -0.2) is 0 Å². The molecular formula is C23H38. The Bertz CT molecular complexity index is 463. The quantitative estimate of drug-likeness (QED) is 0.480. The lowest BCUT2D eigenvalue weighted by molar-refractivity contribution is 0.00487. The van der Waals surface area contributed by atoms with Crippen molar-refractivity contribution in [3.8, 4) is 0 Å². The average Bonchev–Trinajstić information content (AvgIpc) is 2.83. The highest BCUT2D eigenvalue weighted by molar-refractivity contribution is 5.23. The van der Waals surface area contributed by atoms with Gasteiger partial charge in [-0.15, -0.1) is 0 Å². The Morgan fingerprint density at radius 2 is 1.48 bits per heavy atom. The normalized spacial score (nSPS) is 55.9. The van der Waals surface area contributed by atoms with Crippen molar-refractivity contribution in [3.63, 3.8) is 0 Å². The second-order valence-electron chi connectivity index (χ2n) is 9.88. The zero-order valence-corrected chi connectivity index (χ0v) is 15.9. The Kier molecular flexibility index (Phi) is 4.18. The van der Waals surface area contributed by atoms with Crippen molar-refractivity contribution in [2.45, 2.75) is 72.6 Å². The van der Waals surface area contributed by atoms with Gasteiger partial charge in [0.05, 0.1) is 0 Å². The van der Waals surface area contributed by atoms with Crippen molar-refractivity contribution >= 4 is 0 Å². The van der Waals surface area contributed by atoms with Gasteiger partial charge < -0.3 is 0 Å². The molecule has 4 aliphatic rings. The molecule has 0 aromatic carbocycles. The minimum atomic E-state index is 0.852. The molecule has 4 aliphatic carbocycles. The van der Waals surface area contributed by atoms with Gasteiger partial charge in [-0.3, -0.25) is 0 Å². The van der Waals surface area contributed by atoms with Crippen molar-refractivity contribution in [2.75, 3.05) is 0 Å². The summed E-state index contributed by atoms with van der Waals surface area (Å²) in [4.78, 5) is 0. The zero-order valence-electron chi connectivity index (χ0n) is 15.9. The fraction of sp³-hybridized carbons (Fsp3) is 0.913. The maximum absolute atomic E-state index is 4.75. The van der Waals surface area contributed by atoms with E-state index in [-0.39, 0.29) is 0 Å². The Labute approximate surface area is 144 Å². The first-order chi connectivity index (χ1) is 11.0. The first-order valence-corrected chi connectivity index (χ1v) is 10.7. The molecule has 0 N–H and O–H groups in total. The van der Waals surface area contributed by atoms with Crippen LogP contribution in [0.3, 0.4) is 0 Å². The van der Waals surface area contributed by atoms with Crippen molar-refractivity contribution < 1.29 is 0 Å². The molecule has 10 atom stereocenters. The highest BCUT2D eigenvalue weighted by Gasteiger charge is 2.57. The monoisotopic (exact) mass is 314 g/mol. The largest absolute Gasteiger partial charge is 0.0993 e. The molecule has 0 nitrogen and oxygen atoms in total. The summed E-state index contributed by atoms with van der Waals surface area (Å²) in [7, 11) is 0. The molecule has 4 rings (SSSR count). The fourth-order valence-electron chi connectivity index (χ4n) is 8.10. The summed E-state index contributed by atoms with van der Waals surface area (Å²) >= 11 is 0. The summed E-state index contributed by atoms with van der Waals surface area (Å²) in [5.41, 5.74) is 1.70. The van der Waals surface area contributed by atoms with Gasteiger partial charge in [0, 0.05) is 0 Å². The summed E-state index contributed by atoms with van der Waals surface area (Å²) in [5.74, 6) is 9.43. The van der Waals surface area contributed by atoms with E-state index < -0.39 is 0 Å². The molecule has 0 amide bonds. The third-order valence-electron chi connectivity index (χ3n) is 9.35. The van der Waals surface area contributed by atoms with Crippen LogP contribution in [0.15, 0.2) is 12.2 Å². The first kappa shape index (κ1) is 16.2. The van der Waals surface area contributed by atoms with Gasteiger partial charge in [-0.1, -0.05) is 65.5 Å². The smallest absolute Gasteiger partial charge is 0.0143 e. The van der Waals surface area contributed by atoms with Crippen molar-refractivity contribution in [1.29, 1.82) is 0 Å². The molecule has 0 heterocycles. The third-order valence-corrected chi connectivity index (χ3v) is 9.35. The van der Waals surface area contributed by atoms with Gasteiger partial charge >= 0.3 is 0 Å². The topological polar surface area (TPSA) is 0 Å². The van der Waals surface area contributed by atoms with E-state index in [4.69, 9.17) is 6.58 Å². The minimum absolute atomic E-state index is 0.852. The molecule has 0 aromatic rings. The molecule has 0 saturated heterocycles. The lowest BCUT2D eigenvalue weighted by Crippen LogP contribution is -2.41. The lowest BCUT2D eigenvalue weighted by Gasteiger charge is -2.48. The van der Waals surface area contributed by atoms with Crippen LogP contribution < -0.4 is 0 Å². The summed E-state index contributed by atoms with van der Waals surface area (Å²) in [6.07, 6.45) is 10.5. The molecule has 4 saturated carbocycles. The predicted octanol–water partition coefficient (Wildman–Crippen LogP) is 6.57. The number of allylic oxidation sites excluding steroid dienone is 1. The van der Waals surface area contributed by atoms with Gasteiger partial charge in [0.15, 0.2) is 0 Å². The molecule has 0 aliphatic heterocycles. The predicted molar refractivity (Wildman–Crippen MR) is 99.1 cm³/mol. The van der Waals surface area contributed by atoms with E-state index in [2.05, 4.69) is 27.7 Å². The minimum Gasteiger partial charge on any atom is -0.0993 e. The summed E-state index contributed by atoms with van der Waals surface area (Å²) < 4.78 is 0. The molecule has 8 unspecified atom stereocenters. The fourth-order valence-corrected chi connectivity index (χ4v) is 8.10. The highest BCUT2D eigenvalue weighted by atomic mass is 14.6. The van der Waals surface area contributed by atoms with Crippen LogP contribution >= 0.6 is 0 Å². The highest BCUT2D eigenvalue weighted by Crippen LogP contribution is 2.64. The number of rotatable bonds is 1. The SMILES string of the molecule is C=C1C2C(C)C(C)C(CC)CC2C2C[C@H]3CCCC[C@H]3C(C)C12. The van der Waals surface area contributed by atoms with Crippen molar-refractivity contribution in [1.82, 2.24) is 0 Å². The second-order valence-corrected chi connectivity index (χ2v) is 9.88. The standard InChI is InChI=1S/C23H38/c1-6-17-11-20-21-12-18-9-7-8-10-19(18)15(4)23(21)16(5)22(20)14(3)13(17)2/h13-15,17-23H,5-12H2,1-4H3/t13?,14?,15?,17?,18-,19+,20?,21?,22?,23?/m1/s1. The number of fused-ring (bicyclic) bond motifs is 4. The van der Waals surface area contributed by atoms with Crippen molar-refractivity contribution in [2.24, 2.45) is 59.2 Å². The molecule has 4 fully saturated rings. The second kappa shape index (κ2) is 5.92. The number of hydrogen-bond acceptors (Lipinski definition) is 0. The third kappa shape index (κ3) is 2.30. The van der Waals surface area contributed by atoms with Crippen LogP contribution in [0.25, 0.3) is 0 Å². The van der Waals surface area contributed by atoms with Crippen LogP contribution in [0.5, 0.6) is 0 Å². The molecule has 0 bridgehead atoms. The maximum atomic E-state index is 4.75. The van der Waals surface area contributed by atoms with Gasteiger partial charge in [0.2, 0.25) is 0 Å². The Balaban J connectivity index is 1.65. The number of hydrogen-bond donors (Lipinski definition) is 0. The van der Waals surface area contributed by atoms with Gasteiger partial charge in [0.1, 0.15) is 0 Å². The van der Waals surface area contributed by atoms with E-state index in [9.17, 15) is 0 Å².